The summed E-state index contributed by atoms with van der Waals surface area (Å²) in [6.45, 7) is 2.17. The Kier molecular flexibility index (Phi) is 8.38. The number of aryl methyl sites for hydroxylation is 1. The average molecular weight is 712 g/mol. The predicted octanol–water partition coefficient (Wildman–Crippen LogP) is 14.5. The van der Waals surface area contributed by atoms with Crippen molar-refractivity contribution in [1.29, 1.82) is 0 Å². The minimum Gasteiger partial charge on any atom is -0.0622 e. The number of hydrogen-bond acceptors (Lipinski definition) is 0. The maximum absolute atomic E-state index is 4.13. The second kappa shape index (κ2) is 14.0. The summed E-state index contributed by atoms with van der Waals surface area (Å²) in [5, 5.41) is 0. The lowest BCUT2D eigenvalue weighted by Gasteiger charge is -2.36. The molecule has 9 aromatic rings. The van der Waals surface area contributed by atoms with Gasteiger partial charge in [0.2, 0.25) is 0 Å². The molecular formula is C56H39. The number of hydrogen-bond donors (Lipinski definition) is 0. The highest BCUT2D eigenvalue weighted by Crippen LogP contribution is 2.60. The van der Waals surface area contributed by atoms with Crippen LogP contribution in [0.3, 0.4) is 0 Å². The van der Waals surface area contributed by atoms with E-state index in [1.807, 2.05) is 0 Å². The number of fused-ring (bicyclic) bond motifs is 3. The van der Waals surface area contributed by atoms with Gasteiger partial charge in [0.05, 0.1) is 5.41 Å². The summed E-state index contributed by atoms with van der Waals surface area (Å²) in [6, 6.07) is 84.1. The van der Waals surface area contributed by atoms with Gasteiger partial charge in [0, 0.05) is 0 Å². The fourth-order valence-electron chi connectivity index (χ4n) is 8.88. The first-order valence-corrected chi connectivity index (χ1v) is 19.4. The molecule has 1 radical (unpaired) electrons. The van der Waals surface area contributed by atoms with Crippen molar-refractivity contribution in [3.05, 3.63) is 252 Å². The maximum Gasteiger partial charge on any atom is 0.0720 e. The Bertz CT molecular complexity index is 2800. The van der Waals surface area contributed by atoms with E-state index in [0.717, 1.165) is 16.7 Å². The summed E-state index contributed by atoms with van der Waals surface area (Å²) in [4.78, 5) is 0. The number of benzene rings is 9. The third kappa shape index (κ3) is 5.62. The zero-order valence-electron chi connectivity index (χ0n) is 31.3. The quantitative estimate of drug-likeness (QED) is 0.154. The summed E-state index contributed by atoms with van der Waals surface area (Å²) in [6.07, 6.45) is 0. The highest BCUT2D eigenvalue weighted by molar-refractivity contribution is 5.99. The zero-order chi connectivity index (χ0) is 37.5. The largest absolute Gasteiger partial charge is 0.0720 e. The van der Waals surface area contributed by atoms with Gasteiger partial charge >= 0.3 is 0 Å². The van der Waals surface area contributed by atoms with Crippen LogP contribution in [0.25, 0.3) is 66.8 Å². The van der Waals surface area contributed by atoms with Crippen molar-refractivity contribution in [3.8, 4) is 66.8 Å². The molecule has 0 heterocycles. The van der Waals surface area contributed by atoms with E-state index in [9.17, 15) is 0 Å². The molecule has 0 heteroatoms. The van der Waals surface area contributed by atoms with Gasteiger partial charge in [-0.1, -0.05) is 212 Å². The summed E-state index contributed by atoms with van der Waals surface area (Å²) in [5.74, 6) is 0. The normalized spacial score (nSPS) is 14.2. The van der Waals surface area contributed by atoms with Gasteiger partial charge < -0.3 is 0 Å². The molecule has 56 heavy (non-hydrogen) atoms. The second-order valence-electron chi connectivity index (χ2n) is 14.8. The molecule has 0 amide bonds. The molecular weight excluding hydrogens is 673 g/mol. The minimum atomic E-state index is -0.629. The fraction of sp³-hybridized carbons (Fsp3) is 0.0357. The van der Waals surface area contributed by atoms with Crippen molar-refractivity contribution in [2.75, 3.05) is 0 Å². The Morgan fingerprint density at radius 1 is 0.339 bits per heavy atom. The Morgan fingerprint density at radius 3 is 1.46 bits per heavy atom. The lowest BCUT2D eigenvalue weighted by atomic mass is 9.65. The van der Waals surface area contributed by atoms with Crippen LogP contribution < -0.4 is 0 Å². The Balaban J connectivity index is 1.33. The van der Waals surface area contributed by atoms with Crippen molar-refractivity contribution >= 4 is 0 Å². The first kappa shape index (κ1) is 33.5. The molecule has 10 rings (SSSR count). The molecule has 263 valence electrons. The molecule has 0 spiro atoms. The fourth-order valence-corrected chi connectivity index (χ4v) is 8.88. The van der Waals surface area contributed by atoms with E-state index >= 15 is 0 Å². The third-order valence-corrected chi connectivity index (χ3v) is 11.5. The summed E-state index contributed by atoms with van der Waals surface area (Å²) in [5.41, 5.74) is 19.8. The van der Waals surface area contributed by atoms with E-state index in [1.165, 1.54) is 77.9 Å². The van der Waals surface area contributed by atoms with Crippen LogP contribution in [0.4, 0.5) is 0 Å². The third-order valence-electron chi connectivity index (χ3n) is 11.5. The lowest BCUT2D eigenvalue weighted by molar-refractivity contribution is 0.770. The first-order valence-electron chi connectivity index (χ1n) is 19.4. The lowest BCUT2D eigenvalue weighted by Crippen LogP contribution is -2.29. The standard InChI is InChI=1S/C56H39/c1-39-26-33-48(34-27-39)56(47-22-12-5-13-23-47)54-38-45(41-18-8-3-9-19-41)32-35-51(54)53-37-46(43-30-28-42(29-31-43)40-16-6-2-7-17-40)36-52(55(53)56)50-25-15-14-24-49(50)44-20-10-4-11-21-44/h2-35,37-38H,1H3. The summed E-state index contributed by atoms with van der Waals surface area (Å²) >= 11 is 0. The zero-order valence-corrected chi connectivity index (χ0v) is 31.3. The van der Waals surface area contributed by atoms with Gasteiger partial charge in [-0.2, -0.15) is 0 Å². The van der Waals surface area contributed by atoms with E-state index in [0.29, 0.717) is 0 Å². The molecule has 1 atom stereocenters. The van der Waals surface area contributed by atoms with Crippen LogP contribution in [-0.2, 0) is 5.41 Å². The average Bonchev–Trinajstić information content (AvgIpc) is 3.58. The van der Waals surface area contributed by atoms with Gasteiger partial charge in [0.25, 0.3) is 0 Å². The van der Waals surface area contributed by atoms with Crippen LogP contribution in [0.1, 0.15) is 27.8 Å². The Labute approximate surface area is 330 Å². The molecule has 0 fully saturated rings. The Hall–Kier alpha value is -7.02. The molecule has 1 aliphatic carbocycles. The van der Waals surface area contributed by atoms with Crippen LogP contribution in [0.2, 0.25) is 0 Å². The minimum absolute atomic E-state index is 0.629. The predicted molar refractivity (Wildman–Crippen MR) is 234 cm³/mol. The van der Waals surface area contributed by atoms with Crippen molar-refractivity contribution in [3.63, 3.8) is 0 Å². The van der Waals surface area contributed by atoms with Gasteiger partial charge in [0.1, 0.15) is 0 Å². The van der Waals surface area contributed by atoms with E-state index in [4.69, 9.17) is 0 Å². The van der Waals surface area contributed by atoms with E-state index in [-0.39, 0.29) is 0 Å². The molecule has 1 aliphatic rings. The molecule has 0 bridgehead atoms. The Morgan fingerprint density at radius 2 is 0.821 bits per heavy atom. The van der Waals surface area contributed by atoms with Crippen molar-refractivity contribution in [1.82, 2.24) is 0 Å². The van der Waals surface area contributed by atoms with Crippen molar-refractivity contribution in [2.24, 2.45) is 0 Å². The molecule has 1 unspecified atom stereocenters. The first-order chi connectivity index (χ1) is 27.7. The molecule has 0 N–H and O–H groups in total. The second-order valence-corrected chi connectivity index (χ2v) is 14.8. The van der Waals surface area contributed by atoms with Crippen LogP contribution in [0, 0.1) is 13.0 Å². The van der Waals surface area contributed by atoms with Gasteiger partial charge in [-0.15, -0.1) is 0 Å². The van der Waals surface area contributed by atoms with Gasteiger partial charge in [-0.05, 0) is 114 Å². The van der Waals surface area contributed by atoms with E-state index < -0.39 is 5.41 Å². The molecule has 0 saturated heterocycles. The van der Waals surface area contributed by atoms with Crippen LogP contribution in [0.15, 0.2) is 218 Å². The molecule has 0 saturated carbocycles. The number of rotatable bonds is 7. The highest BCUT2D eigenvalue weighted by Gasteiger charge is 2.48. The molecule has 0 nitrogen and oxygen atoms in total. The van der Waals surface area contributed by atoms with Crippen molar-refractivity contribution in [2.45, 2.75) is 12.3 Å². The van der Waals surface area contributed by atoms with Crippen molar-refractivity contribution < 1.29 is 0 Å². The summed E-state index contributed by atoms with van der Waals surface area (Å²) < 4.78 is 0. The van der Waals surface area contributed by atoms with Gasteiger partial charge in [0.15, 0.2) is 0 Å². The highest BCUT2D eigenvalue weighted by atomic mass is 14.5. The van der Waals surface area contributed by atoms with Crippen LogP contribution in [0.5, 0.6) is 0 Å². The molecule has 0 aromatic heterocycles. The smallest absolute Gasteiger partial charge is 0.0622 e. The molecule has 9 aromatic carbocycles. The van der Waals surface area contributed by atoms with Gasteiger partial charge in [-0.25, -0.2) is 0 Å². The van der Waals surface area contributed by atoms with Crippen LogP contribution in [-0.4, -0.2) is 0 Å². The topological polar surface area (TPSA) is 0 Å². The summed E-state index contributed by atoms with van der Waals surface area (Å²) in [7, 11) is 0. The monoisotopic (exact) mass is 711 g/mol. The van der Waals surface area contributed by atoms with Crippen LogP contribution >= 0.6 is 0 Å². The SMILES string of the molecule is Cc1ccc(C2(c3ccccc3)c3cc(-c4ccccc4)ccc3-c3cc(-c4ccc(-c5ccccc5)cc4)[c]c(-c4ccccc4-c4ccccc4)c32)cc1. The van der Waals surface area contributed by atoms with E-state index in [1.54, 1.807) is 0 Å². The van der Waals surface area contributed by atoms with Gasteiger partial charge in [-0.3, -0.25) is 0 Å². The molecule has 0 aliphatic heterocycles. The maximum atomic E-state index is 4.13. The van der Waals surface area contributed by atoms with E-state index in [2.05, 4.69) is 231 Å².